The topological polar surface area (TPSA) is 66.5 Å². The average Bonchev–Trinajstić information content (AvgIpc) is 3.32. The Hall–Kier alpha value is -2.25. The van der Waals surface area contributed by atoms with Crippen molar-refractivity contribution in [3.63, 3.8) is 0 Å². The Morgan fingerprint density at radius 2 is 1.93 bits per heavy atom. The summed E-state index contributed by atoms with van der Waals surface area (Å²) >= 11 is 0. The van der Waals surface area contributed by atoms with Crippen LogP contribution in [-0.4, -0.2) is 44.6 Å². The summed E-state index contributed by atoms with van der Waals surface area (Å²) in [5, 5.41) is 0. The summed E-state index contributed by atoms with van der Waals surface area (Å²) in [6, 6.07) is 12.6. The molecular weight excluding hydrogens is 391 g/mol. The summed E-state index contributed by atoms with van der Waals surface area (Å²) in [6.45, 7) is 2.86. The minimum Gasteiger partial charge on any atom is -0.341 e. The minimum atomic E-state index is -3.28. The van der Waals surface area contributed by atoms with Gasteiger partial charge in [-0.05, 0) is 48.4 Å². The van der Waals surface area contributed by atoms with Gasteiger partial charge in [0.15, 0.2) is 0 Å². The lowest BCUT2D eigenvalue weighted by atomic mass is 9.92. The molecule has 0 bridgehead atoms. The van der Waals surface area contributed by atoms with E-state index < -0.39 is 10.0 Å². The van der Waals surface area contributed by atoms with Gasteiger partial charge < -0.3 is 4.90 Å². The molecule has 2 fully saturated rings. The van der Waals surface area contributed by atoms with Gasteiger partial charge in [-0.25, -0.2) is 17.5 Å². The van der Waals surface area contributed by atoms with E-state index in [-0.39, 0.29) is 29.6 Å². The van der Waals surface area contributed by atoms with Crippen LogP contribution in [0.4, 0.5) is 4.39 Å². The molecule has 154 valence electrons. The summed E-state index contributed by atoms with van der Waals surface area (Å²) in [5.41, 5.74) is 3.32. The zero-order chi connectivity index (χ0) is 20.8. The summed E-state index contributed by atoms with van der Waals surface area (Å²) in [5.74, 6) is -0.247. The van der Waals surface area contributed by atoms with Gasteiger partial charge in [-0.15, -0.1) is 0 Å². The first-order valence-corrected chi connectivity index (χ1v) is 11.7. The monoisotopic (exact) mass is 416 g/mol. The minimum absolute atomic E-state index is 0.0628. The van der Waals surface area contributed by atoms with E-state index in [1.807, 2.05) is 37.3 Å². The van der Waals surface area contributed by atoms with Gasteiger partial charge in [0.25, 0.3) is 0 Å². The van der Waals surface area contributed by atoms with Gasteiger partial charge in [0, 0.05) is 30.6 Å². The molecule has 1 saturated heterocycles. The first kappa shape index (κ1) is 20.0. The summed E-state index contributed by atoms with van der Waals surface area (Å²) in [4.78, 5) is 14.7. The van der Waals surface area contributed by atoms with Crippen LogP contribution in [0.15, 0.2) is 42.5 Å². The lowest BCUT2D eigenvalue weighted by Crippen LogP contribution is -2.38. The molecule has 1 heterocycles. The molecule has 4 rings (SSSR count). The Morgan fingerprint density at radius 3 is 2.66 bits per heavy atom. The van der Waals surface area contributed by atoms with Crippen LogP contribution in [0.3, 0.4) is 0 Å². The number of carbonyl (C=O) groups is 1. The summed E-state index contributed by atoms with van der Waals surface area (Å²) in [6.07, 6.45) is 2.50. The molecule has 1 N–H and O–H groups in total. The molecule has 7 heteroatoms. The third kappa shape index (κ3) is 4.21. The van der Waals surface area contributed by atoms with Crippen molar-refractivity contribution in [3.8, 4) is 11.1 Å². The number of hydrogen-bond donors (Lipinski definition) is 1. The molecular formula is C22H25FN2O3S. The highest BCUT2D eigenvalue weighted by Crippen LogP contribution is 2.51. The van der Waals surface area contributed by atoms with E-state index in [0.717, 1.165) is 29.4 Å². The smallest absolute Gasteiger partial charge is 0.226 e. The number of aryl methyl sites for hydroxylation is 1. The fourth-order valence-corrected chi connectivity index (χ4v) is 5.22. The molecule has 1 saturated carbocycles. The number of nitrogens with zero attached hydrogens (tertiary/aromatic N) is 1. The molecule has 2 aromatic carbocycles. The molecule has 29 heavy (non-hydrogen) atoms. The van der Waals surface area contributed by atoms with E-state index in [2.05, 4.69) is 4.72 Å². The van der Waals surface area contributed by atoms with Crippen molar-refractivity contribution < 1.29 is 17.6 Å². The maximum Gasteiger partial charge on any atom is 0.226 e. The van der Waals surface area contributed by atoms with Crippen molar-refractivity contribution in [1.29, 1.82) is 0 Å². The van der Waals surface area contributed by atoms with Gasteiger partial charge in [0.1, 0.15) is 5.82 Å². The van der Waals surface area contributed by atoms with Crippen molar-refractivity contribution in [2.75, 3.05) is 19.3 Å². The van der Waals surface area contributed by atoms with Crippen LogP contribution in [0.5, 0.6) is 0 Å². The first-order chi connectivity index (χ1) is 13.7. The van der Waals surface area contributed by atoms with E-state index in [1.54, 1.807) is 11.0 Å². The van der Waals surface area contributed by atoms with Crippen LogP contribution in [0.2, 0.25) is 0 Å². The normalized spacial score (nSPS) is 24.0. The molecule has 1 aliphatic heterocycles. The number of amides is 1. The number of likely N-dealkylation sites (tertiary alicyclic amines) is 1. The molecule has 2 aliphatic rings. The third-order valence-corrected chi connectivity index (χ3v) is 6.60. The van der Waals surface area contributed by atoms with Gasteiger partial charge in [-0.1, -0.05) is 36.4 Å². The molecule has 1 aliphatic carbocycles. The standard InChI is InChI=1S/C22H25FN2O3S/c1-14-6-5-9-20(23)21(14)17-8-4-3-7-16(17)18-12-19(18)22(26)25-11-10-15(13-25)24-29(2,27)28/h3-9,15,18-19,24H,10-13H2,1-2H3/t15-,18-,19+/m0/s1. The van der Waals surface area contributed by atoms with E-state index >= 15 is 0 Å². The quantitative estimate of drug-likeness (QED) is 0.815. The van der Waals surface area contributed by atoms with Crippen molar-refractivity contribution >= 4 is 15.9 Å². The van der Waals surface area contributed by atoms with Crippen molar-refractivity contribution in [3.05, 3.63) is 59.4 Å². The molecule has 0 radical (unpaired) electrons. The second kappa shape index (κ2) is 7.54. The van der Waals surface area contributed by atoms with E-state index in [1.165, 1.54) is 6.07 Å². The number of sulfonamides is 1. The predicted molar refractivity (Wildman–Crippen MR) is 110 cm³/mol. The largest absolute Gasteiger partial charge is 0.341 e. The number of benzene rings is 2. The number of carbonyl (C=O) groups excluding carboxylic acids is 1. The van der Waals surface area contributed by atoms with E-state index in [0.29, 0.717) is 25.1 Å². The molecule has 0 unspecified atom stereocenters. The SMILES string of the molecule is Cc1cccc(F)c1-c1ccccc1[C@@H]1C[C@H]1C(=O)N1CC[C@H](NS(C)(=O)=O)C1. The Bertz CT molecular complexity index is 1030. The molecule has 0 aromatic heterocycles. The highest BCUT2D eigenvalue weighted by Gasteiger charge is 2.47. The molecule has 1 amide bonds. The highest BCUT2D eigenvalue weighted by atomic mass is 32.2. The van der Waals surface area contributed by atoms with Crippen molar-refractivity contribution in [2.45, 2.75) is 31.7 Å². The van der Waals surface area contributed by atoms with E-state index in [4.69, 9.17) is 0 Å². The Morgan fingerprint density at radius 1 is 1.17 bits per heavy atom. The Labute approximate surface area is 171 Å². The van der Waals surface area contributed by atoms with Gasteiger partial charge >= 0.3 is 0 Å². The van der Waals surface area contributed by atoms with Crippen LogP contribution >= 0.6 is 0 Å². The molecule has 0 spiro atoms. The third-order valence-electron chi connectivity index (χ3n) is 5.84. The van der Waals surface area contributed by atoms with Crippen molar-refractivity contribution in [2.24, 2.45) is 5.92 Å². The highest BCUT2D eigenvalue weighted by molar-refractivity contribution is 7.88. The first-order valence-electron chi connectivity index (χ1n) is 9.85. The van der Waals surface area contributed by atoms with Gasteiger partial charge in [-0.3, -0.25) is 4.79 Å². The van der Waals surface area contributed by atoms with Crippen molar-refractivity contribution in [1.82, 2.24) is 9.62 Å². The second-order valence-corrected chi connectivity index (χ2v) is 9.91. The van der Waals surface area contributed by atoms with Gasteiger partial charge in [0.2, 0.25) is 15.9 Å². The Kier molecular flexibility index (Phi) is 5.21. The zero-order valence-corrected chi connectivity index (χ0v) is 17.4. The van der Waals surface area contributed by atoms with Gasteiger partial charge in [-0.2, -0.15) is 0 Å². The summed E-state index contributed by atoms with van der Waals surface area (Å²) in [7, 11) is -3.28. The number of rotatable bonds is 5. The van der Waals surface area contributed by atoms with Crippen LogP contribution in [-0.2, 0) is 14.8 Å². The number of nitrogens with one attached hydrogen (secondary N) is 1. The molecule has 3 atom stereocenters. The lowest BCUT2D eigenvalue weighted by molar-refractivity contribution is -0.131. The summed E-state index contributed by atoms with van der Waals surface area (Å²) < 4.78 is 40.0. The fraction of sp³-hybridized carbons (Fsp3) is 0.409. The fourth-order valence-electron chi connectivity index (χ4n) is 4.43. The van der Waals surface area contributed by atoms with Gasteiger partial charge in [0.05, 0.1) is 6.26 Å². The molecule has 2 aromatic rings. The van der Waals surface area contributed by atoms with Crippen LogP contribution in [0.1, 0.15) is 29.9 Å². The zero-order valence-electron chi connectivity index (χ0n) is 16.6. The average molecular weight is 417 g/mol. The Balaban J connectivity index is 1.51. The number of hydrogen-bond acceptors (Lipinski definition) is 3. The lowest BCUT2D eigenvalue weighted by Gasteiger charge is -2.17. The van der Waals surface area contributed by atoms with Crippen LogP contribution in [0.25, 0.3) is 11.1 Å². The van der Waals surface area contributed by atoms with Crippen LogP contribution in [0, 0.1) is 18.7 Å². The van der Waals surface area contributed by atoms with Crippen LogP contribution < -0.4 is 4.72 Å². The maximum atomic E-state index is 14.5. The molecule has 5 nitrogen and oxygen atoms in total. The number of halogens is 1. The maximum absolute atomic E-state index is 14.5. The van der Waals surface area contributed by atoms with E-state index in [9.17, 15) is 17.6 Å². The predicted octanol–water partition coefficient (Wildman–Crippen LogP) is 3.05. The second-order valence-electron chi connectivity index (χ2n) is 8.13.